The van der Waals surface area contributed by atoms with Crippen LogP contribution < -0.4 is 11.1 Å². The number of hydrogen-bond acceptors (Lipinski definition) is 6. The molecule has 0 bridgehead atoms. The maximum Gasteiger partial charge on any atom is 0.405 e. The number of thiocarbonyl (C=S) groups is 1. The first-order chi connectivity index (χ1) is 8.31. The van der Waals surface area contributed by atoms with E-state index in [2.05, 4.69) is 17.5 Å². The Morgan fingerprint density at radius 1 is 1.33 bits per heavy atom. The molecule has 9 heteroatoms. The van der Waals surface area contributed by atoms with Crippen LogP contribution in [0.2, 0.25) is 0 Å². The lowest BCUT2D eigenvalue weighted by atomic mass is 10.9. The van der Waals surface area contributed by atoms with Crippen molar-refractivity contribution in [3.8, 4) is 12.1 Å². The van der Waals surface area contributed by atoms with Crippen LogP contribution in [0, 0.1) is 22.7 Å². The van der Waals surface area contributed by atoms with Crippen LogP contribution in [0.4, 0.5) is 0 Å². The first-order valence-electron chi connectivity index (χ1n) is 4.94. The summed E-state index contributed by atoms with van der Waals surface area (Å²) < 4.78 is 9.83. The summed E-state index contributed by atoms with van der Waals surface area (Å²) in [4.78, 5) is 9.18. The first-order valence-corrected chi connectivity index (χ1v) is 7.38. The van der Waals surface area contributed by atoms with E-state index in [0.29, 0.717) is 18.3 Å². The third-order valence-electron chi connectivity index (χ3n) is 1.03. The van der Waals surface area contributed by atoms with Crippen molar-refractivity contribution in [3.05, 3.63) is 0 Å². The molecule has 0 saturated carbocycles. The Bertz CT molecular complexity index is 269. The summed E-state index contributed by atoms with van der Waals surface area (Å²) in [5.74, 6) is 0. The zero-order valence-corrected chi connectivity index (χ0v) is 12.7. The summed E-state index contributed by atoms with van der Waals surface area (Å²) >= 11 is 4.36. The summed E-state index contributed by atoms with van der Waals surface area (Å²) in [6.07, 6.45) is 0. The molecular formula is C9H20N4O3PS+. The molecule has 0 aliphatic heterocycles. The van der Waals surface area contributed by atoms with E-state index in [1.807, 2.05) is 13.8 Å². The standard InChI is InChI=1S/C5H14O3P.C2H6N2S.C2N2/c1-4-7-9(3,6)8-5-2;1-4-2(3)5;3-1-2-4/h6H,4-5H2,1-3H3;1H3,(H3,3,4,5);/q+1;;. The number of nitrogens with two attached hydrogens (primary N) is 1. The Labute approximate surface area is 114 Å². The Kier molecular flexibility index (Phi) is 19.7. The van der Waals surface area contributed by atoms with Crippen molar-refractivity contribution in [2.45, 2.75) is 13.8 Å². The molecular weight excluding hydrogens is 275 g/mol. The van der Waals surface area contributed by atoms with Gasteiger partial charge in [0.2, 0.25) is 0 Å². The molecule has 7 nitrogen and oxygen atoms in total. The van der Waals surface area contributed by atoms with Gasteiger partial charge >= 0.3 is 7.94 Å². The van der Waals surface area contributed by atoms with Gasteiger partial charge in [0.15, 0.2) is 17.3 Å². The summed E-state index contributed by atoms with van der Waals surface area (Å²) in [5, 5.41) is 17.4. The van der Waals surface area contributed by atoms with Crippen LogP contribution in [0.15, 0.2) is 0 Å². The highest BCUT2D eigenvalue weighted by molar-refractivity contribution is 7.80. The minimum Gasteiger partial charge on any atom is -0.376 e. The summed E-state index contributed by atoms with van der Waals surface area (Å²) in [5.41, 5.74) is 4.91. The monoisotopic (exact) mass is 295 g/mol. The van der Waals surface area contributed by atoms with Gasteiger partial charge in [-0.3, -0.25) is 0 Å². The molecule has 0 radical (unpaired) electrons. The Morgan fingerprint density at radius 3 is 1.72 bits per heavy atom. The predicted molar refractivity (Wildman–Crippen MR) is 75.4 cm³/mol. The van der Waals surface area contributed by atoms with Crippen LogP contribution >= 0.6 is 20.2 Å². The third kappa shape index (κ3) is 29.4. The molecule has 0 aliphatic rings. The summed E-state index contributed by atoms with van der Waals surface area (Å²) in [7, 11) is -0.760. The average molecular weight is 295 g/mol. The fraction of sp³-hybridized carbons (Fsp3) is 0.667. The van der Waals surface area contributed by atoms with Crippen LogP contribution in [0.1, 0.15) is 13.8 Å². The van der Waals surface area contributed by atoms with Crippen molar-refractivity contribution in [1.82, 2.24) is 5.32 Å². The van der Waals surface area contributed by atoms with Gasteiger partial charge in [-0.05, 0) is 26.1 Å². The fourth-order valence-electron chi connectivity index (χ4n) is 0.516. The van der Waals surface area contributed by atoms with Gasteiger partial charge in [0.25, 0.3) is 0 Å². The van der Waals surface area contributed by atoms with Crippen LogP contribution in [0.5, 0.6) is 0 Å². The van der Waals surface area contributed by atoms with Gasteiger partial charge < -0.3 is 11.1 Å². The molecule has 0 unspecified atom stereocenters. The minimum absolute atomic E-state index is 0.338. The van der Waals surface area contributed by atoms with E-state index < -0.39 is 7.94 Å². The predicted octanol–water partition coefficient (Wildman–Crippen LogP) is 0.927. The van der Waals surface area contributed by atoms with Crippen molar-refractivity contribution >= 4 is 25.3 Å². The van der Waals surface area contributed by atoms with E-state index in [4.69, 9.17) is 25.3 Å². The Morgan fingerprint density at radius 2 is 1.61 bits per heavy atom. The lowest BCUT2D eigenvalue weighted by Crippen LogP contribution is -2.24. The summed E-state index contributed by atoms with van der Waals surface area (Å²) in [6.45, 7) is 6.24. The fourth-order valence-corrected chi connectivity index (χ4v) is 1.55. The largest absolute Gasteiger partial charge is 0.405 e. The van der Waals surface area contributed by atoms with Gasteiger partial charge in [-0.25, -0.2) is 0 Å². The molecule has 0 amide bonds. The second-order valence-corrected chi connectivity index (χ2v) is 5.04. The molecule has 0 spiro atoms. The maximum absolute atomic E-state index is 9.18. The van der Waals surface area contributed by atoms with Crippen molar-refractivity contribution in [3.63, 3.8) is 0 Å². The van der Waals surface area contributed by atoms with E-state index in [0.717, 1.165) is 0 Å². The van der Waals surface area contributed by atoms with Crippen LogP contribution in [-0.2, 0) is 9.05 Å². The molecule has 0 fully saturated rings. The second kappa shape index (κ2) is 16.0. The highest BCUT2D eigenvalue weighted by Gasteiger charge is 2.31. The average Bonchev–Trinajstić information content (AvgIpc) is 2.30. The highest BCUT2D eigenvalue weighted by Crippen LogP contribution is 2.52. The smallest absolute Gasteiger partial charge is 0.376 e. The molecule has 0 rings (SSSR count). The molecule has 0 heterocycles. The van der Waals surface area contributed by atoms with Crippen molar-refractivity contribution in [2.24, 2.45) is 5.73 Å². The molecule has 0 aromatic carbocycles. The molecule has 18 heavy (non-hydrogen) atoms. The topological polar surface area (TPSA) is 124 Å². The molecule has 0 aromatic heterocycles. The van der Waals surface area contributed by atoms with Crippen molar-refractivity contribution in [1.29, 1.82) is 10.5 Å². The number of nitriles is 2. The van der Waals surface area contributed by atoms with E-state index >= 15 is 0 Å². The maximum atomic E-state index is 9.18. The van der Waals surface area contributed by atoms with Crippen LogP contribution in [-0.4, -0.2) is 36.9 Å². The SMILES string of the molecule is CCO[P+](C)(O)OCC.CNC(N)=S.N#CC#N. The van der Waals surface area contributed by atoms with Gasteiger partial charge in [0.1, 0.15) is 6.66 Å². The minimum atomic E-state index is -2.44. The number of nitrogens with zero attached hydrogens (tertiary/aromatic N) is 2. The third-order valence-corrected chi connectivity index (χ3v) is 2.71. The molecule has 0 aromatic rings. The highest BCUT2D eigenvalue weighted by atomic mass is 32.1. The Hall–Kier alpha value is -1.02. The first kappa shape index (κ1) is 22.2. The van der Waals surface area contributed by atoms with Gasteiger partial charge in [-0.2, -0.15) is 24.5 Å². The van der Waals surface area contributed by atoms with Gasteiger partial charge in [-0.15, -0.1) is 0 Å². The molecule has 0 atom stereocenters. The van der Waals surface area contributed by atoms with E-state index in [1.165, 1.54) is 12.1 Å². The number of hydrogen-bond donors (Lipinski definition) is 3. The van der Waals surface area contributed by atoms with Gasteiger partial charge in [0, 0.05) is 7.05 Å². The molecule has 0 aliphatic carbocycles. The van der Waals surface area contributed by atoms with E-state index in [9.17, 15) is 4.89 Å². The van der Waals surface area contributed by atoms with Crippen LogP contribution in [0.3, 0.4) is 0 Å². The molecule has 0 saturated heterocycles. The normalized spacial score (nSPS) is 8.39. The van der Waals surface area contributed by atoms with Gasteiger partial charge in [0.05, 0.1) is 13.2 Å². The van der Waals surface area contributed by atoms with Crippen molar-refractivity contribution in [2.75, 3.05) is 26.9 Å². The Balaban J connectivity index is -0.000000212. The van der Waals surface area contributed by atoms with Crippen molar-refractivity contribution < 1.29 is 13.9 Å². The molecule has 4 N–H and O–H groups in total. The van der Waals surface area contributed by atoms with Crippen LogP contribution in [0.25, 0.3) is 0 Å². The lowest BCUT2D eigenvalue weighted by molar-refractivity contribution is 0.195. The quantitative estimate of drug-likeness (QED) is 0.516. The lowest BCUT2D eigenvalue weighted by Gasteiger charge is -2.09. The van der Waals surface area contributed by atoms with Gasteiger partial charge in [-0.1, -0.05) is 0 Å². The number of nitrogens with one attached hydrogen (secondary N) is 1. The number of rotatable bonds is 4. The van der Waals surface area contributed by atoms with E-state index in [-0.39, 0.29) is 0 Å². The van der Waals surface area contributed by atoms with E-state index in [1.54, 1.807) is 13.7 Å². The summed E-state index contributed by atoms with van der Waals surface area (Å²) in [6, 6.07) is 2.47. The second-order valence-electron chi connectivity index (χ2n) is 2.48. The zero-order valence-electron chi connectivity index (χ0n) is 11.0. The zero-order chi connectivity index (χ0) is 15.0. The molecule has 104 valence electrons.